The third kappa shape index (κ3) is 4.63. The van der Waals surface area contributed by atoms with Crippen molar-refractivity contribution in [2.24, 2.45) is 5.92 Å². The second-order valence-corrected chi connectivity index (χ2v) is 7.63. The molecule has 1 atom stereocenters. The number of hydrogen-bond acceptors (Lipinski definition) is 5. The van der Waals surface area contributed by atoms with Crippen molar-refractivity contribution in [3.8, 4) is 23.1 Å². The first-order valence-electron chi connectivity index (χ1n) is 9.28. The van der Waals surface area contributed by atoms with E-state index in [2.05, 4.69) is 21.5 Å². The topological polar surface area (TPSA) is 113 Å². The van der Waals surface area contributed by atoms with Gasteiger partial charge in [0.05, 0.1) is 23.0 Å². The summed E-state index contributed by atoms with van der Waals surface area (Å²) in [6.45, 7) is 5.95. The van der Waals surface area contributed by atoms with Gasteiger partial charge in [0.2, 0.25) is 0 Å². The zero-order valence-corrected chi connectivity index (χ0v) is 16.6. The Balaban J connectivity index is 1.87. The van der Waals surface area contributed by atoms with Crippen LogP contribution in [0.5, 0.6) is 5.75 Å². The van der Waals surface area contributed by atoms with Gasteiger partial charge >= 0.3 is 6.09 Å². The fourth-order valence-corrected chi connectivity index (χ4v) is 3.50. The summed E-state index contributed by atoms with van der Waals surface area (Å²) in [5.41, 5.74) is 1.92. The Kier molecular flexibility index (Phi) is 5.69. The van der Waals surface area contributed by atoms with Crippen LogP contribution in [0.4, 0.5) is 4.79 Å². The second kappa shape index (κ2) is 8.19. The van der Waals surface area contributed by atoms with Gasteiger partial charge in [0.1, 0.15) is 18.4 Å². The zero-order chi connectivity index (χ0) is 21.0. The number of nitriles is 1. The normalized spacial score (nSPS) is 13.1. The summed E-state index contributed by atoms with van der Waals surface area (Å²) < 4.78 is 7.58. The maximum atomic E-state index is 11.2. The summed E-state index contributed by atoms with van der Waals surface area (Å²) in [5.74, 6) is 0.681. The van der Waals surface area contributed by atoms with Crippen LogP contribution in [0.2, 0.25) is 0 Å². The second-order valence-electron chi connectivity index (χ2n) is 7.63. The molecule has 0 aliphatic carbocycles. The third-order valence-corrected chi connectivity index (χ3v) is 4.50. The van der Waals surface area contributed by atoms with E-state index < -0.39 is 11.6 Å². The Morgan fingerprint density at radius 3 is 2.83 bits per heavy atom. The lowest BCUT2D eigenvalue weighted by Crippen LogP contribution is -2.50. The number of aromatic nitrogens is 3. The molecule has 2 N–H and O–H groups in total. The number of amides is 1. The molecule has 0 fully saturated rings. The van der Waals surface area contributed by atoms with Crippen molar-refractivity contribution in [1.82, 2.24) is 19.9 Å². The van der Waals surface area contributed by atoms with Crippen LogP contribution >= 0.6 is 0 Å². The lowest BCUT2D eigenvalue weighted by molar-refractivity contribution is 0.143. The van der Waals surface area contributed by atoms with Crippen LogP contribution in [0.25, 0.3) is 16.9 Å². The molecule has 1 aromatic carbocycles. The molecular formula is C21H23N5O3. The molecule has 0 aliphatic heterocycles. The molecule has 0 bridgehead atoms. The van der Waals surface area contributed by atoms with E-state index in [-0.39, 0.29) is 12.5 Å². The van der Waals surface area contributed by atoms with E-state index in [1.807, 2.05) is 26.0 Å². The first kappa shape index (κ1) is 20.1. The minimum absolute atomic E-state index is 0.115. The first-order valence-corrected chi connectivity index (χ1v) is 9.28. The molecule has 3 aromatic rings. The van der Waals surface area contributed by atoms with E-state index >= 15 is 0 Å². The van der Waals surface area contributed by atoms with Gasteiger partial charge in [-0.15, -0.1) is 0 Å². The number of hydrogen-bond donors (Lipinski definition) is 2. The van der Waals surface area contributed by atoms with Crippen LogP contribution in [0.3, 0.4) is 0 Å². The van der Waals surface area contributed by atoms with Gasteiger partial charge in [-0.05, 0) is 43.5 Å². The Labute approximate surface area is 168 Å². The van der Waals surface area contributed by atoms with Gasteiger partial charge in [-0.25, -0.2) is 14.3 Å². The number of nitrogens with one attached hydrogen (secondary N) is 1. The van der Waals surface area contributed by atoms with E-state index in [0.717, 1.165) is 11.3 Å². The van der Waals surface area contributed by atoms with E-state index in [1.54, 1.807) is 42.0 Å². The molecular weight excluding hydrogens is 370 g/mol. The van der Waals surface area contributed by atoms with Gasteiger partial charge in [-0.2, -0.15) is 10.4 Å². The van der Waals surface area contributed by atoms with E-state index in [1.165, 1.54) is 0 Å². The number of ether oxygens (including phenoxy) is 1. The molecule has 3 rings (SSSR count). The minimum atomic E-state index is -1.10. The van der Waals surface area contributed by atoms with Gasteiger partial charge in [0.15, 0.2) is 5.65 Å². The fraction of sp³-hybridized carbons (Fsp3) is 0.333. The van der Waals surface area contributed by atoms with Crippen LogP contribution in [0.1, 0.15) is 32.8 Å². The molecule has 8 nitrogen and oxygen atoms in total. The fourth-order valence-electron chi connectivity index (χ4n) is 3.50. The van der Waals surface area contributed by atoms with Crippen LogP contribution in [0, 0.1) is 17.2 Å². The molecule has 150 valence electrons. The van der Waals surface area contributed by atoms with Crippen molar-refractivity contribution in [1.29, 1.82) is 5.26 Å². The monoisotopic (exact) mass is 393 g/mol. The summed E-state index contributed by atoms with van der Waals surface area (Å²) in [6, 6.07) is 11.1. The van der Waals surface area contributed by atoms with Crippen molar-refractivity contribution in [3.63, 3.8) is 0 Å². The average Bonchev–Trinajstić information content (AvgIpc) is 3.13. The first-order chi connectivity index (χ1) is 13.8. The smallest absolute Gasteiger partial charge is 0.405 e. The van der Waals surface area contributed by atoms with Crippen molar-refractivity contribution in [2.75, 3.05) is 6.61 Å². The Morgan fingerprint density at radius 2 is 2.14 bits per heavy atom. The molecule has 1 unspecified atom stereocenters. The summed E-state index contributed by atoms with van der Waals surface area (Å²) in [4.78, 5) is 15.4. The number of rotatable bonds is 7. The molecule has 0 aliphatic rings. The molecule has 29 heavy (non-hydrogen) atoms. The van der Waals surface area contributed by atoms with Crippen molar-refractivity contribution in [3.05, 3.63) is 48.3 Å². The number of nitrogens with zero attached hydrogens (tertiary/aromatic N) is 4. The number of benzene rings is 1. The van der Waals surface area contributed by atoms with Gasteiger partial charge in [0.25, 0.3) is 0 Å². The minimum Gasteiger partial charge on any atom is -0.490 e. The van der Waals surface area contributed by atoms with Crippen molar-refractivity contribution in [2.45, 2.75) is 32.7 Å². The highest BCUT2D eigenvalue weighted by atomic mass is 16.5. The highest BCUT2D eigenvalue weighted by molar-refractivity contribution is 5.67. The largest absolute Gasteiger partial charge is 0.490 e. The number of carbonyl (C=O) groups is 1. The standard InChI is InChI=1S/C21H23N5O3/c1-14(2)11-21(3,25-20(27)28)13-29-18-5-4-15(10-16(18)12-22)17-6-8-23-19-7-9-24-26(17)19/h4-10,14,25H,11,13H2,1-3H3,(H,27,28). The third-order valence-electron chi connectivity index (χ3n) is 4.50. The average molecular weight is 393 g/mol. The Bertz CT molecular complexity index is 1070. The van der Waals surface area contributed by atoms with E-state index in [0.29, 0.717) is 23.4 Å². The zero-order valence-electron chi connectivity index (χ0n) is 16.6. The quantitative estimate of drug-likeness (QED) is 0.633. The molecule has 0 saturated carbocycles. The SMILES string of the molecule is CC(C)CC(C)(COc1ccc(-c2ccnc3ccnn23)cc1C#N)NC(=O)O. The highest BCUT2D eigenvalue weighted by Crippen LogP contribution is 2.28. The number of carboxylic acid groups (broad SMARTS) is 1. The Morgan fingerprint density at radius 1 is 1.34 bits per heavy atom. The highest BCUT2D eigenvalue weighted by Gasteiger charge is 2.29. The maximum Gasteiger partial charge on any atom is 0.405 e. The number of fused-ring (bicyclic) bond motifs is 1. The van der Waals surface area contributed by atoms with Gasteiger partial charge in [-0.1, -0.05) is 13.8 Å². The van der Waals surface area contributed by atoms with Gasteiger partial charge < -0.3 is 15.2 Å². The van der Waals surface area contributed by atoms with Crippen molar-refractivity contribution >= 4 is 11.7 Å². The van der Waals surface area contributed by atoms with Gasteiger partial charge in [-0.3, -0.25) is 0 Å². The van der Waals surface area contributed by atoms with Crippen molar-refractivity contribution < 1.29 is 14.6 Å². The van der Waals surface area contributed by atoms with Crippen LogP contribution in [0.15, 0.2) is 42.7 Å². The molecule has 0 saturated heterocycles. The summed E-state index contributed by atoms with van der Waals surface area (Å²) in [7, 11) is 0. The lowest BCUT2D eigenvalue weighted by Gasteiger charge is -2.31. The molecule has 2 aromatic heterocycles. The predicted molar refractivity (Wildman–Crippen MR) is 108 cm³/mol. The lowest BCUT2D eigenvalue weighted by atomic mass is 9.91. The summed E-state index contributed by atoms with van der Waals surface area (Å²) >= 11 is 0. The summed E-state index contributed by atoms with van der Waals surface area (Å²) in [6.07, 6.45) is 2.86. The predicted octanol–water partition coefficient (Wildman–Crippen LogP) is 3.72. The maximum absolute atomic E-state index is 11.2. The molecule has 1 amide bonds. The van der Waals surface area contributed by atoms with Crippen LogP contribution in [-0.2, 0) is 0 Å². The van der Waals surface area contributed by atoms with Crippen LogP contribution in [-0.4, -0.2) is 37.9 Å². The van der Waals surface area contributed by atoms with E-state index in [9.17, 15) is 10.1 Å². The molecule has 8 heteroatoms. The molecule has 0 radical (unpaired) electrons. The molecule has 0 spiro atoms. The van der Waals surface area contributed by atoms with Gasteiger partial charge in [0, 0.05) is 17.8 Å². The molecule has 2 heterocycles. The summed E-state index contributed by atoms with van der Waals surface area (Å²) in [5, 5.41) is 25.6. The van der Waals surface area contributed by atoms with E-state index in [4.69, 9.17) is 9.84 Å². The Hall–Kier alpha value is -3.60. The van der Waals surface area contributed by atoms with Crippen LogP contribution < -0.4 is 10.1 Å².